The maximum absolute atomic E-state index is 11.9. The van der Waals surface area contributed by atoms with Gasteiger partial charge in [-0.05, 0) is 19.8 Å². The van der Waals surface area contributed by atoms with Gasteiger partial charge >= 0.3 is 5.97 Å². The number of esters is 1. The first-order chi connectivity index (χ1) is 11.1. The predicted octanol–water partition coefficient (Wildman–Crippen LogP) is 5.06. The quantitative estimate of drug-likeness (QED) is 0.372. The molecule has 4 heteroatoms. The van der Waals surface area contributed by atoms with Crippen LogP contribution in [0.15, 0.2) is 11.5 Å². The van der Waals surface area contributed by atoms with Gasteiger partial charge in [-0.2, -0.15) is 0 Å². The van der Waals surface area contributed by atoms with E-state index in [0.29, 0.717) is 18.6 Å². The third-order valence-electron chi connectivity index (χ3n) is 4.23. The molecule has 0 aromatic heterocycles. The van der Waals surface area contributed by atoms with E-state index in [-0.39, 0.29) is 17.5 Å². The van der Waals surface area contributed by atoms with Gasteiger partial charge in [0, 0.05) is 6.42 Å². The average molecular weight is 324 g/mol. The number of carbonyl (C=O) groups is 2. The molecular weight excluding hydrogens is 292 g/mol. The Labute approximate surface area is 140 Å². The van der Waals surface area contributed by atoms with Crippen molar-refractivity contribution in [3.8, 4) is 0 Å². The first-order valence-electron chi connectivity index (χ1n) is 9.22. The molecular formula is C19H32O4. The fourth-order valence-electron chi connectivity index (χ4n) is 2.78. The zero-order chi connectivity index (χ0) is 17.1. The van der Waals surface area contributed by atoms with Gasteiger partial charge in [-0.1, -0.05) is 65.2 Å². The Bertz CT molecular complexity index is 412. The molecule has 1 unspecified atom stereocenters. The molecule has 1 aliphatic rings. The Morgan fingerprint density at radius 1 is 1.00 bits per heavy atom. The number of unbranched alkanes of at least 4 members (excludes halogenated alkanes) is 8. The average Bonchev–Trinajstić information content (AvgIpc) is 2.80. The summed E-state index contributed by atoms with van der Waals surface area (Å²) in [4.78, 5) is 23.8. The van der Waals surface area contributed by atoms with Crippen molar-refractivity contribution in [2.45, 2.75) is 97.5 Å². The number of carbonyl (C=O) groups excluding carboxylic acids is 2. The van der Waals surface area contributed by atoms with Crippen LogP contribution in [0, 0.1) is 0 Å². The molecule has 0 aliphatic carbocycles. The van der Waals surface area contributed by atoms with E-state index in [1.165, 1.54) is 44.9 Å². The molecule has 1 aliphatic heterocycles. The maximum Gasteiger partial charge on any atom is 0.311 e. The molecule has 0 saturated heterocycles. The zero-order valence-electron chi connectivity index (χ0n) is 15.0. The fraction of sp³-hybridized carbons (Fsp3) is 0.789. The lowest BCUT2D eigenvalue weighted by Crippen LogP contribution is -2.19. The zero-order valence-corrected chi connectivity index (χ0v) is 15.0. The van der Waals surface area contributed by atoms with Crippen LogP contribution in [0.4, 0.5) is 0 Å². The Kier molecular flexibility index (Phi) is 9.65. The SMILES string of the molecule is CCCCCCCCCCCC(=O)OC1=C(C)OC(CC)C1=O. The van der Waals surface area contributed by atoms with Crippen LogP contribution in [-0.2, 0) is 19.1 Å². The number of hydrogen-bond acceptors (Lipinski definition) is 4. The van der Waals surface area contributed by atoms with Gasteiger partial charge in [0.25, 0.3) is 0 Å². The fourth-order valence-corrected chi connectivity index (χ4v) is 2.78. The number of hydrogen-bond donors (Lipinski definition) is 0. The summed E-state index contributed by atoms with van der Waals surface area (Å²) >= 11 is 0. The first-order valence-corrected chi connectivity index (χ1v) is 9.22. The Hall–Kier alpha value is -1.32. The third-order valence-corrected chi connectivity index (χ3v) is 4.23. The molecule has 0 fully saturated rings. The Morgan fingerprint density at radius 3 is 2.09 bits per heavy atom. The normalized spacial score (nSPS) is 17.5. The van der Waals surface area contributed by atoms with Crippen LogP contribution in [0.1, 0.15) is 91.4 Å². The summed E-state index contributed by atoms with van der Waals surface area (Å²) < 4.78 is 10.6. The van der Waals surface area contributed by atoms with Crippen LogP contribution < -0.4 is 0 Å². The van der Waals surface area contributed by atoms with E-state index in [2.05, 4.69) is 6.92 Å². The van der Waals surface area contributed by atoms with E-state index in [1.54, 1.807) is 6.92 Å². The smallest absolute Gasteiger partial charge is 0.311 e. The molecule has 1 atom stereocenters. The molecule has 1 heterocycles. The van der Waals surface area contributed by atoms with Crippen molar-refractivity contribution in [2.75, 3.05) is 0 Å². The summed E-state index contributed by atoms with van der Waals surface area (Å²) in [6, 6.07) is 0. The highest BCUT2D eigenvalue weighted by molar-refractivity contribution is 6.01. The van der Waals surface area contributed by atoms with Gasteiger partial charge in [0.05, 0.1) is 0 Å². The molecule has 0 radical (unpaired) electrons. The standard InChI is InChI=1S/C19H32O4/c1-4-6-7-8-9-10-11-12-13-14-17(20)23-19-15(3)22-16(5-2)18(19)21/h16H,4-14H2,1-3H3. The van der Waals surface area contributed by atoms with Crippen LogP contribution in [-0.4, -0.2) is 17.9 Å². The maximum atomic E-state index is 11.9. The summed E-state index contributed by atoms with van der Waals surface area (Å²) in [6.45, 7) is 5.78. The number of allylic oxidation sites excluding steroid dienone is 1. The molecule has 0 amide bonds. The van der Waals surface area contributed by atoms with Gasteiger partial charge in [-0.25, -0.2) is 0 Å². The number of ketones is 1. The molecule has 132 valence electrons. The molecule has 0 aromatic carbocycles. The lowest BCUT2D eigenvalue weighted by atomic mass is 10.1. The number of rotatable bonds is 12. The molecule has 0 spiro atoms. The van der Waals surface area contributed by atoms with Crippen LogP contribution >= 0.6 is 0 Å². The predicted molar refractivity (Wildman–Crippen MR) is 90.8 cm³/mol. The lowest BCUT2D eigenvalue weighted by Gasteiger charge is -2.05. The highest BCUT2D eigenvalue weighted by Gasteiger charge is 2.34. The Morgan fingerprint density at radius 2 is 1.57 bits per heavy atom. The summed E-state index contributed by atoms with van der Waals surface area (Å²) in [5.74, 6) is 0.0153. The molecule has 0 N–H and O–H groups in total. The molecule has 1 rings (SSSR count). The highest BCUT2D eigenvalue weighted by atomic mass is 16.6. The van der Waals surface area contributed by atoms with Crippen LogP contribution in [0.5, 0.6) is 0 Å². The van der Waals surface area contributed by atoms with Gasteiger partial charge < -0.3 is 9.47 Å². The van der Waals surface area contributed by atoms with Gasteiger partial charge in [0.15, 0.2) is 6.10 Å². The molecule has 4 nitrogen and oxygen atoms in total. The Balaban J connectivity index is 2.09. The van der Waals surface area contributed by atoms with Crippen molar-refractivity contribution in [3.05, 3.63) is 11.5 Å². The molecule has 23 heavy (non-hydrogen) atoms. The van der Waals surface area contributed by atoms with Gasteiger partial charge in [-0.15, -0.1) is 0 Å². The van der Waals surface area contributed by atoms with E-state index in [4.69, 9.17) is 9.47 Å². The van der Waals surface area contributed by atoms with E-state index in [9.17, 15) is 9.59 Å². The van der Waals surface area contributed by atoms with Crippen molar-refractivity contribution in [1.29, 1.82) is 0 Å². The minimum atomic E-state index is -0.481. The monoisotopic (exact) mass is 324 g/mol. The summed E-state index contributed by atoms with van der Waals surface area (Å²) in [6.07, 6.45) is 11.3. The van der Waals surface area contributed by atoms with Crippen molar-refractivity contribution in [3.63, 3.8) is 0 Å². The van der Waals surface area contributed by atoms with Crippen molar-refractivity contribution >= 4 is 11.8 Å². The van der Waals surface area contributed by atoms with Gasteiger partial charge in [-0.3, -0.25) is 9.59 Å². The number of Topliss-reactive ketones (excluding diaryl/α,β-unsaturated/α-hetero) is 1. The van der Waals surface area contributed by atoms with Crippen LogP contribution in [0.3, 0.4) is 0 Å². The first kappa shape index (κ1) is 19.7. The topological polar surface area (TPSA) is 52.6 Å². The lowest BCUT2D eigenvalue weighted by molar-refractivity contribution is -0.142. The largest absolute Gasteiger partial charge is 0.483 e. The van der Waals surface area contributed by atoms with E-state index in [1.807, 2.05) is 6.92 Å². The molecule has 0 saturated carbocycles. The van der Waals surface area contributed by atoms with Crippen LogP contribution in [0.25, 0.3) is 0 Å². The van der Waals surface area contributed by atoms with Crippen molar-refractivity contribution in [1.82, 2.24) is 0 Å². The minimum Gasteiger partial charge on any atom is -0.483 e. The van der Waals surface area contributed by atoms with Gasteiger partial charge in [0.1, 0.15) is 5.76 Å². The number of ether oxygens (including phenoxy) is 2. The second-order valence-electron chi connectivity index (χ2n) is 6.32. The summed E-state index contributed by atoms with van der Waals surface area (Å²) in [5, 5.41) is 0. The van der Waals surface area contributed by atoms with E-state index >= 15 is 0 Å². The van der Waals surface area contributed by atoms with Crippen molar-refractivity contribution < 1.29 is 19.1 Å². The van der Waals surface area contributed by atoms with Crippen molar-refractivity contribution in [2.24, 2.45) is 0 Å². The highest BCUT2D eigenvalue weighted by Crippen LogP contribution is 2.24. The minimum absolute atomic E-state index is 0.109. The third kappa shape index (κ3) is 7.19. The molecule has 0 bridgehead atoms. The summed E-state index contributed by atoms with van der Waals surface area (Å²) in [7, 11) is 0. The molecule has 0 aromatic rings. The van der Waals surface area contributed by atoms with Gasteiger partial charge in [0.2, 0.25) is 11.5 Å². The van der Waals surface area contributed by atoms with Crippen LogP contribution in [0.2, 0.25) is 0 Å². The summed E-state index contributed by atoms with van der Waals surface area (Å²) in [5.41, 5.74) is 0. The van der Waals surface area contributed by atoms with E-state index < -0.39 is 6.10 Å². The van der Waals surface area contributed by atoms with E-state index in [0.717, 1.165) is 12.8 Å². The second-order valence-corrected chi connectivity index (χ2v) is 6.32. The second kappa shape index (κ2) is 11.3.